The van der Waals surface area contributed by atoms with Crippen LogP contribution in [-0.4, -0.2) is 25.5 Å². The van der Waals surface area contributed by atoms with Crippen LogP contribution in [0.1, 0.15) is 24.1 Å². The van der Waals surface area contributed by atoms with Gasteiger partial charge in [0.25, 0.3) is 5.91 Å². The van der Waals surface area contributed by atoms with E-state index in [0.717, 1.165) is 11.1 Å². The van der Waals surface area contributed by atoms with Crippen molar-refractivity contribution in [2.45, 2.75) is 19.5 Å². The summed E-state index contributed by atoms with van der Waals surface area (Å²) in [6, 6.07) is 12.9. The summed E-state index contributed by atoms with van der Waals surface area (Å²) in [6.07, 6.45) is 0. The highest BCUT2D eigenvalue weighted by Crippen LogP contribution is 2.25. The molecule has 0 fully saturated rings. The van der Waals surface area contributed by atoms with E-state index in [9.17, 15) is 4.79 Å². The smallest absolute Gasteiger partial charge is 0.255 e. The fourth-order valence-corrected chi connectivity index (χ4v) is 2.66. The maximum atomic E-state index is 10.8. The SMILES string of the molecule is CN=C(NCc1cccc(OCC(N)=O)c1)NC(C)c1ccc(Cl)c(Cl)c1.I. The highest BCUT2D eigenvalue weighted by atomic mass is 127. The number of nitrogens with two attached hydrogens (primary N) is 1. The second-order valence-electron chi connectivity index (χ2n) is 5.87. The van der Waals surface area contributed by atoms with Crippen molar-refractivity contribution in [1.82, 2.24) is 10.6 Å². The predicted molar refractivity (Wildman–Crippen MR) is 125 cm³/mol. The molecule has 0 heterocycles. The Bertz CT molecular complexity index is 833. The molecule has 0 bridgehead atoms. The van der Waals surface area contributed by atoms with E-state index in [2.05, 4.69) is 15.6 Å². The molecule has 4 N–H and O–H groups in total. The van der Waals surface area contributed by atoms with Crippen molar-refractivity contribution in [3.05, 3.63) is 63.6 Å². The van der Waals surface area contributed by atoms with Crippen LogP contribution in [0.4, 0.5) is 0 Å². The van der Waals surface area contributed by atoms with Gasteiger partial charge in [-0.1, -0.05) is 41.4 Å². The number of ether oxygens (including phenoxy) is 1. The quantitative estimate of drug-likeness (QED) is 0.284. The van der Waals surface area contributed by atoms with E-state index >= 15 is 0 Å². The minimum atomic E-state index is -0.514. The van der Waals surface area contributed by atoms with E-state index in [1.807, 2.05) is 37.3 Å². The van der Waals surface area contributed by atoms with Gasteiger partial charge in [-0.25, -0.2) is 0 Å². The fraction of sp³-hybridized carbons (Fsp3) is 0.263. The van der Waals surface area contributed by atoms with Crippen LogP contribution in [0.25, 0.3) is 0 Å². The third-order valence-electron chi connectivity index (χ3n) is 3.76. The lowest BCUT2D eigenvalue weighted by atomic mass is 10.1. The second-order valence-corrected chi connectivity index (χ2v) is 6.68. The molecule has 152 valence electrons. The number of nitrogens with one attached hydrogen (secondary N) is 2. The summed E-state index contributed by atoms with van der Waals surface area (Å²) in [5.41, 5.74) is 7.06. The average molecular weight is 537 g/mol. The summed E-state index contributed by atoms with van der Waals surface area (Å²) >= 11 is 12.0. The Morgan fingerprint density at radius 2 is 1.96 bits per heavy atom. The molecule has 0 spiro atoms. The van der Waals surface area contributed by atoms with Gasteiger partial charge in [0.05, 0.1) is 16.1 Å². The topological polar surface area (TPSA) is 88.7 Å². The van der Waals surface area contributed by atoms with Crippen LogP contribution in [-0.2, 0) is 11.3 Å². The van der Waals surface area contributed by atoms with Crippen molar-refractivity contribution in [2.24, 2.45) is 10.7 Å². The summed E-state index contributed by atoms with van der Waals surface area (Å²) in [6.45, 7) is 2.38. The van der Waals surface area contributed by atoms with Crippen molar-refractivity contribution in [3.63, 3.8) is 0 Å². The lowest BCUT2D eigenvalue weighted by molar-refractivity contribution is -0.119. The Hall–Kier alpha value is -1.71. The Morgan fingerprint density at radius 3 is 2.61 bits per heavy atom. The Morgan fingerprint density at radius 1 is 1.21 bits per heavy atom. The van der Waals surface area contributed by atoms with Crippen LogP contribution >= 0.6 is 47.2 Å². The molecule has 2 rings (SSSR count). The van der Waals surface area contributed by atoms with Crippen LogP contribution in [0.3, 0.4) is 0 Å². The fourth-order valence-electron chi connectivity index (χ4n) is 2.35. The van der Waals surface area contributed by atoms with Crippen molar-refractivity contribution >= 4 is 59.0 Å². The molecule has 0 aromatic heterocycles. The maximum Gasteiger partial charge on any atom is 0.255 e. The molecular weight excluding hydrogens is 514 g/mol. The number of halogens is 3. The lowest BCUT2D eigenvalue weighted by Crippen LogP contribution is -2.38. The molecule has 0 aliphatic heterocycles. The average Bonchev–Trinajstić information content (AvgIpc) is 2.65. The molecule has 6 nitrogen and oxygen atoms in total. The maximum absolute atomic E-state index is 10.8. The zero-order valence-electron chi connectivity index (χ0n) is 15.5. The zero-order chi connectivity index (χ0) is 19.8. The largest absolute Gasteiger partial charge is 0.484 e. The summed E-state index contributed by atoms with van der Waals surface area (Å²) in [5.74, 6) is 0.705. The molecule has 2 aromatic carbocycles. The standard InChI is InChI=1S/C19H22Cl2N4O2.HI/c1-12(14-6-7-16(20)17(21)9-14)25-19(23-2)24-10-13-4-3-5-15(8-13)27-11-18(22)26;/h3-9,12H,10-11H2,1-2H3,(H2,22,26)(H2,23,24,25);1H. The number of guanidine groups is 1. The van der Waals surface area contributed by atoms with Gasteiger partial charge in [-0.15, -0.1) is 24.0 Å². The van der Waals surface area contributed by atoms with E-state index < -0.39 is 5.91 Å². The highest BCUT2D eigenvalue weighted by Gasteiger charge is 2.10. The van der Waals surface area contributed by atoms with Crippen LogP contribution in [0.15, 0.2) is 47.5 Å². The third-order valence-corrected chi connectivity index (χ3v) is 4.50. The number of amides is 1. The van der Waals surface area contributed by atoms with Gasteiger partial charge in [-0.3, -0.25) is 9.79 Å². The number of carbonyl (C=O) groups excluding carboxylic acids is 1. The van der Waals surface area contributed by atoms with E-state index in [-0.39, 0.29) is 36.6 Å². The van der Waals surface area contributed by atoms with Gasteiger partial charge >= 0.3 is 0 Å². The van der Waals surface area contributed by atoms with Gasteiger partial charge in [0, 0.05) is 13.6 Å². The minimum Gasteiger partial charge on any atom is -0.484 e. The van der Waals surface area contributed by atoms with E-state index in [1.54, 1.807) is 19.2 Å². The Labute approximate surface area is 191 Å². The molecule has 0 radical (unpaired) electrons. The summed E-state index contributed by atoms with van der Waals surface area (Å²) < 4.78 is 5.31. The van der Waals surface area contributed by atoms with E-state index in [0.29, 0.717) is 28.3 Å². The molecule has 1 atom stereocenters. The third kappa shape index (κ3) is 7.73. The normalized spacial score (nSPS) is 11.9. The van der Waals surface area contributed by atoms with Crippen molar-refractivity contribution in [1.29, 1.82) is 0 Å². The lowest BCUT2D eigenvalue weighted by Gasteiger charge is -2.19. The van der Waals surface area contributed by atoms with Gasteiger partial charge < -0.3 is 21.1 Å². The van der Waals surface area contributed by atoms with Crippen LogP contribution in [0.2, 0.25) is 10.0 Å². The molecule has 28 heavy (non-hydrogen) atoms. The monoisotopic (exact) mass is 536 g/mol. The van der Waals surface area contributed by atoms with Gasteiger partial charge in [0.2, 0.25) is 0 Å². The number of hydrogen-bond acceptors (Lipinski definition) is 3. The van der Waals surface area contributed by atoms with Crippen molar-refractivity contribution in [3.8, 4) is 5.75 Å². The first-order valence-corrected chi connectivity index (χ1v) is 9.07. The van der Waals surface area contributed by atoms with Crippen molar-refractivity contribution in [2.75, 3.05) is 13.7 Å². The first-order valence-electron chi connectivity index (χ1n) is 8.31. The summed E-state index contributed by atoms with van der Waals surface area (Å²) in [5, 5.41) is 7.57. The molecule has 9 heteroatoms. The van der Waals surface area contributed by atoms with Crippen LogP contribution in [0, 0.1) is 0 Å². The number of aliphatic imine (C=N–C) groups is 1. The van der Waals surface area contributed by atoms with E-state index in [1.165, 1.54) is 0 Å². The molecule has 1 unspecified atom stereocenters. The summed E-state index contributed by atoms with van der Waals surface area (Å²) in [7, 11) is 1.70. The Kier molecular flexibility index (Phi) is 10.4. The van der Waals surface area contributed by atoms with Gasteiger partial charge in [-0.2, -0.15) is 0 Å². The number of rotatable bonds is 7. The second kappa shape index (κ2) is 12.0. The number of nitrogens with zero attached hydrogens (tertiary/aromatic N) is 1. The number of hydrogen-bond donors (Lipinski definition) is 3. The minimum absolute atomic E-state index is 0. The van der Waals surface area contributed by atoms with Crippen LogP contribution < -0.4 is 21.1 Å². The first kappa shape index (κ1) is 24.3. The van der Waals surface area contributed by atoms with Gasteiger partial charge in [-0.05, 0) is 42.3 Å². The van der Waals surface area contributed by atoms with E-state index in [4.69, 9.17) is 33.7 Å². The molecular formula is C19H23Cl2IN4O2. The van der Waals surface area contributed by atoms with Crippen molar-refractivity contribution < 1.29 is 9.53 Å². The first-order chi connectivity index (χ1) is 12.9. The highest BCUT2D eigenvalue weighted by molar-refractivity contribution is 14.0. The number of primary amides is 1. The predicted octanol–water partition coefficient (Wildman–Crippen LogP) is 3.90. The molecule has 0 saturated heterocycles. The van der Waals surface area contributed by atoms with Gasteiger partial charge in [0.1, 0.15) is 5.75 Å². The Balaban J connectivity index is 0.00000392. The molecule has 0 aliphatic carbocycles. The molecule has 1 amide bonds. The summed E-state index contributed by atoms with van der Waals surface area (Å²) in [4.78, 5) is 15.0. The van der Waals surface area contributed by atoms with Crippen LogP contribution in [0.5, 0.6) is 5.75 Å². The zero-order valence-corrected chi connectivity index (χ0v) is 19.4. The molecule has 0 saturated carbocycles. The molecule has 0 aliphatic rings. The number of benzene rings is 2. The van der Waals surface area contributed by atoms with Gasteiger partial charge in [0.15, 0.2) is 12.6 Å². The molecule has 2 aromatic rings. The number of carbonyl (C=O) groups is 1.